The average Bonchev–Trinajstić information content (AvgIpc) is 2.70. The van der Waals surface area contributed by atoms with Crippen molar-refractivity contribution in [2.45, 2.75) is 6.42 Å². The maximum atomic E-state index is 11.8. The fourth-order valence-corrected chi connectivity index (χ4v) is 2.69. The third kappa shape index (κ3) is 2.52. The molecule has 2 rings (SSSR count). The van der Waals surface area contributed by atoms with Crippen molar-refractivity contribution in [3.05, 3.63) is 28.8 Å². The van der Waals surface area contributed by atoms with Crippen LogP contribution in [0.25, 0.3) is 0 Å². The normalized spacial score (nSPS) is 19.3. The number of aromatic carboxylic acids is 1. The van der Waals surface area contributed by atoms with Gasteiger partial charge in [-0.3, -0.25) is 4.79 Å². The first-order chi connectivity index (χ1) is 8.52. The largest absolute Gasteiger partial charge is 0.478 e. The van der Waals surface area contributed by atoms with E-state index >= 15 is 0 Å². The Hall–Kier alpha value is -1.07. The number of alkyl halides is 1. The molecule has 0 saturated carbocycles. The molecule has 1 aromatic rings. The Labute approximate surface area is 118 Å². The SMILES string of the molecule is O=C(O)c1ccc(N2CC(CBr)CC2=O)c(Cl)c1. The van der Waals surface area contributed by atoms with E-state index in [1.165, 1.54) is 12.1 Å². The molecule has 1 N–H and O–H groups in total. The van der Waals surface area contributed by atoms with Crippen LogP contribution in [-0.2, 0) is 4.79 Å². The number of carbonyl (C=O) groups is 2. The number of carboxylic acid groups (broad SMARTS) is 1. The molecule has 0 bridgehead atoms. The van der Waals surface area contributed by atoms with Crippen molar-refractivity contribution in [2.24, 2.45) is 5.92 Å². The number of carboxylic acids is 1. The predicted molar refractivity (Wildman–Crippen MR) is 72.7 cm³/mol. The topological polar surface area (TPSA) is 57.6 Å². The lowest BCUT2D eigenvalue weighted by Gasteiger charge is -2.18. The van der Waals surface area contributed by atoms with Crippen molar-refractivity contribution in [2.75, 3.05) is 16.8 Å². The lowest BCUT2D eigenvalue weighted by Crippen LogP contribution is -2.25. The van der Waals surface area contributed by atoms with Crippen LogP contribution in [0.1, 0.15) is 16.8 Å². The van der Waals surface area contributed by atoms with E-state index in [1.54, 1.807) is 11.0 Å². The van der Waals surface area contributed by atoms with Gasteiger partial charge in [0.2, 0.25) is 5.91 Å². The smallest absolute Gasteiger partial charge is 0.335 e. The molecule has 0 aromatic heterocycles. The first-order valence-corrected chi connectivity index (χ1v) is 6.92. The number of carbonyl (C=O) groups excluding carboxylic acids is 1. The Morgan fingerprint density at radius 2 is 2.28 bits per heavy atom. The van der Waals surface area contributed by atoms with E-state index in [1.807, 2.05) is 0 Å². The molecule has 6 heteroatoms. The van der Waals surface area contributed by atoms with Crippen molar-refractivity contribution in [1.29, 1.82) is 0 Å². The van der Waals surface area contributed by atoms with Crippen LogP contribution >= 0.6 is 27.5 Å². The number of amides is 1. The lowest BCUT2D eigenvalue weighted by molar-refractivity contribution is -0.117. The van der Waals surface area contributed by atoms with Gasteiger partial charge in [-0.1, -0.05) is 27.5 Å². The van der Waals surface area contributed by atoms with Gasteiger partial charge in [-0.2, -0.15) is 0 Å². The third-order valence-corrected chi connectivity index (χ3v) is 4.13. The van der Waals surface area contributed by atoms with Crippen LogP contribution in [0, 0.1) is 5.92 Å². The van der Waals surface area contributed by atoms with E-state index in [9.17, 15) is 9.59 Å². The first-order valence-electron chi connectivity index (χ1n) is 5.42. The second kappa shape index (κ2) is 5.28. The summed E-state index contributed by atoms with van der Waals surface area (Å²) in [6, 6.07) is 4.41. The second-order valence-corrected chi connectivity index (χ2v) is 5.25. The molecular weight excluding hydrogens is 321 g/mol. The molecule has 1 unspecified atom stereocenters. The van der Waals surface area contributed by atoms with Crippen LogP contribution in [0.2, 0.25) is 5.02 Å². The van der Waals surface area contributed by atoms with E-state index in [0.29, 0.717) is 23.7 Å². The number of anilines is 1. The van der Waals surface area contributed by atoms with Crippen molar-refractivity contribution in [1.82, 2.24) is 0 Å². The molecule has 18 heavy (non-hydrogen) atoms. The molecule has 4 nitrogen and oxygen atoms in total. The van der Waals surface area contributed by atoms with Crippen LogP contribution in [0.3, 0.4) is 0 Å². The van der Waals surface area contributed by atoms with Gasteiger partial charge in [0.1, 0.15) is 0 Å². The Morgan fingerprint density at radius 1 is 1.56 bits per heavy atom. The molecule has 1 aliphatic heterocycles. The van der Waals surface area contributed by atoms with Crippen molar-refractivity contribution in [3.8, 4) is 0 Å². The van der Waals surface area contributed by atoms with Gasteiger partial charge in [0.05, 0.1) is 16.3 Å². The number of rotatable bonds is 3. The number of benzene rings is 1. The molecule has 1 heterocycles. The van der Waals surface area contributed by atoms with Crippen molar-refractivity contribution >= 4 is 45.1 Å². The molecule has 1 fully saturated rings. The minimum atomic E-state index is -1.03. The molecule has 1 aromatic carbocycles. The molecule has 1 amide bonds. The van der Waals surface area contributed by atoms with E-state index < -0.39 is 5.97 Å². The van der Waals surface area contributed by atoms with E-state index in [4.69, 9.17) is 16.7 Å². The summed E-state index contributed by atoms with van der Waals surface area (Å²) in [6.07, 6.45) is 0.488. The van der Waals surface area contributed by atoms with Gasteiger partial charge >= 0.3 is 5.97 Å². The monoisotopic (exact) mass is 331 g/mol. The zero-order valence-corrected chi connectivity index (χ0v) is 11.7. The van der Waals surface area contributed by atoms with Crippen LogP contribution in [0.5, 0.6) is 0 Å². The molecule has 96 valence electrons. The predicted octanol–water partition coefficient (Wildman–Crippen LogP) is 2.79. The maximum absolute atomic E-state index is 11.8. The first kappa shape index (κ1) is 13.4. The number of halogens is 2. The molecule has 0 spiro atoms. The van der Waals surface area contributed by atoms with Gasteiger partial charge in [-0.25, -0.2) is 4.79 Å². The Morgan fingerprint density at radius 3 is 2.78 bits per heavy atom. The summed E-state index contributed by atoms with van der Waals surface area (Å²) in [5.41, 5.74) is 0.697. The minimum absolute atomic E-state index is 0.0180. The number of nitrogens with zero attached hydrogens (tertiary/aromatic N) is 1. The Bertz CT molecular complexity index is 506. The summed E-state index contributed by atoms with van der Waals surface area (Å²) in [4.78, 5) is 24.3. The lowest BCUT2D eigenvalue weighted by atomic mass is 10.1. The van der Waals surface area contributed by atoms with Gasteiger partial charge in [0, 0.05) is 18.3 Å². The summed E-state index contributed by atoms with van der Waals surface area (Å²) >= 11 is 9.40. The van der Waals surface area contributed by atoms with Gasteiger partial charge < -0.3 is 10.0 Å². The highest BCUT2D eigenvalue weighted by Crippen LogP contribution is 2.32. The average molecular weight is 333 g/mol. The van der Waals surface area contributed by atoms with E-state index in [2.05, 4.69) is 15.9 Å². The summed E-state index contributed by atoms with van der Waals surface area (Å²) in [5, 5.41) is 9.91. The molecular formula is C12H11BrClNO3. The van der Waals surface area contributed by atoms with Crippen molar-refractivity contribution in [3.63, 3.8) is 0 Å². The van der Waals surface area contributed by atoms with Gasteiger partial charge in [0.25, 0.3) is 0 Å². The summed E-state index contributed by atoms with van der Waals surface area (Å²) < 4.78 is 0. The van der Waals surface area contributed by atoms with Gasteiger partial charge in [-0.05, 0) is 24.1 Å². The van der Waals surface area contributed by atoms with Gasteiger partial charge in [-0.15, -0.1) is 0 Å². The maximum Gasteiger partial charge on any atom is 0.335 e. The zero-order chi connectivity index (χ0) is 13.3. The standard InChI is InChI=1S/C12H11BrClNO3/c13-5-7-3-11(16)15(6-7)10-2-1-8(12(17)18)4-9(10)14/h1-2,4,7H,3,5-6H2,(H,17,18). The number of hydrogen-bond acceptors (Lipinski definition) is 2. The summed E-state index contributed by atoms with van der Waals surface area (Å²) in [7, 11) is 0. The van der Waals surface area contributed by atoms with Crippen LogP contribution in [0.4, 0.5) is 5.69 Å². The Kier molecular flexibility index (Phi) is 3.92. The highest BCUT2D eigenvalue weighted by atomic mass is 79.9. The molecule has 0 aliphatic carbocycles. The molecule has 0 radical (unpaired) electrons. The Balaban J connectivity index is 2.29. The summed E-state index contributed by atoms with van der Waals surface area (Å²) in [6.45, 7) is 0.607. The fraction of sp³-hybridized carbons (Fsp3) is 0.333. The third-order valence-electron chi connectivity index (χ3n) is 2.91. The van der Waals surface area contributed by atoms with Gasteiger partial charge in [0.15, 0.2) is 0 Å². The second-order valence-electron chi connectivity index (χ2n) is 4.20. The number of hydrogen-bond donors (Lipinski definition) is 1. The summed E-state index contributed by atoms with van der Waals surface area (Å²) in [5.74, 6) is -0.744. The zero-order valence-electron chi connectivity index (χ0n) is 9.40. The van der Waals surface area contributed by atoms with E-state index in [-0.39, 0.29) is 17.4 Å². The van der Waals surface area contributed by atoms with E-state index in [0.717, 1.165) is 5.33 Å². The minimum Gasteiger partial charge on any atom is -0.478 e. The van der Waals surface area contributed by atoms with Crippen LogP contribution < -0.4 is 4.90 Å². The molecule has 1 aliphatic rings. The highest BCUT2D eigenvalue weighted by Gasteiger charge is 2.31. The highest BCUT2D eigenvalue weighted by molar-refractivity contribution is 9.09. The molecule has 1 saturated heterocycles. The fourth-order valence-electron chi connectivity index (χ4n) is 1.98. The van der Waals surface area contributed by atoms with Crippen LogP contribution in [-0.4, -0.2) is 28.9 Å². The van der Waals surface area contributed by atoms with Crippen LogP contribution in [0.15, 0.2) is 18.2 Å². The molecule has 1 atom stereocenters. The van der Waals surface area contributed by atoms with Crippen molar-refractivity contribution < 1.29 is 14.7 Å². The quantitative estimate of drug-likeness (QED) is 0.866.